The van der Waals surface area contributed by atoms with Crippen LogP contribution in [0.15, 0.2) is 0 Å². The summed E-state index contributed by atoms with van der Waals surface area (Å²) < 4.78 is 0. The molecule has 2 unspecified atom stereocenters. The van der Waals surface area contributed by atoms with Crippen molar-refractivity contribution in [3.05, 3.63) is 0 Å². The SMILES string of the molecule is CC(NC(C)C1CCCC1)C(=O)N1CCCCC1. The smallest absolute Gasteiger partial charge is 0.239 e. The van der Waals surface area contributed by atoms with Gasteiger partial charge in [-0.1, -0.05) is 12.8 Å². The fourth-order valence-electron chi connectivity index (χ4n) is 3.45. The van der Waals surface area contributed by atoms with Crippen LogP contribution in [0.25, 0.3) is 0 Å². The lowest BCUT2D eigenvalue weighted by molar-refractivity contribution is -0.134. The van der Waals surface area contributed by atoms with Crippen molar-refractivity contribution in [2.45, 2.75) is 70.9 Å². The molecule has 2 rings (SSSR count). The molecule has 104 valence electrons. The highest BCUT2D eigenvalue weighted by atomic mass is 16.2. The predicted molar refractivity (Wildman–Crippen MR) is 74.4 cm³/mol. The fraction of sp³-hybridized carbons (Fsp3) is 0.933. The lowest BCUT2D eigenvalue weighted by atomic mass is 9.99. The topological polar surface area (TPSA) is 32.3 Å². The van der Waals surface area contributed by atoms with Gasteiger partial charge in [0.15, 0.2) is 0 Å². The van der Waals surface area contributed by atoms with Crippen LogP contribution in [0.3, 0.4) is 0 Å². The van der Waals surface area contributed by atoms with Crippen molar-refractivity contribution in [2.24, 2.45) is 5.92 Å². The van der Waals surface area contributed by atoms with Gasteiger partial charge in [-0.2, -0.15) is 0 Å². The van der Waals surface area contributed by atoms with Gasteiger partial charge in [0.1, 0.15) is 0 Å². The Morgan fingerprint density at radius 1 is 1.06 bits per heavy atom. The molecule has 1 aliphatic heterocycles. The fourth-order valence-corrected chi connectivity index (χ4v) is 3.45. The Kier molecular flexibility index (Phi) is 5.04. The van der Waals surface area contributed by atoms with Gasteiger partial charge in [0, 0.05) is 19.1 Å². The van der Waals surface area contributed by atoms with Crippen LogP contribution in [0, 0.1) is 5.92 Å². The van der Waals surface area contributed by atoms with E-state index in [1.165, 1.54) is 44.9 Å². The molecule has 3 nitrogen and oxygen atoms in total. The summed E-state index contributed by atoms with van der Waals surface area (Å²) in [6.45, 7) is 6.20. The number of nitrogens with zero attached hydrogens (tertiary/aromatic N) is 1. The molecule has 3 heteroatoms. The van der Waals surface area contributed by atoms with Crippen molar-refractivity contribution in [3.8, 4) is 0 Å². The quantitative estimate of drug-likeness (QED) is 0.834. The predicted octanol–water partition coefficient (Wildman–Crippen LogP) is 2.56. The summed E-state index contributed by atoms with van der Waals surface area (Å²) in [5, 5.41) is 3.53. The normalized spacial score (nSPS) is 25.1. The molecule has 1 aliphatic carbocycles. The van der Waals surface area contributed by atoms with Gasteiger partial charge in [0.25, 0.3) is 0 Å². The summed E-state index contributed by atoms with van der Waals surface area (Å²) in [6.07, 6.45) is 9.03. The van der Waals surface area contributed by atoms with Gasteiger partial charge in [-0.25, -0.2) is 0 Å². The Morgan fingerprint density at radius 2 is 1.67 bits per heavy atom. The summed E-state index contributed by atoms with van der Waals surface area (Å²) in [5.74, 6) is 1.08. The second kappa shape index (κ2) is 6.55. The molecule has 1 N–H and O–H groups in total. The first-order chi connectivity index (χ1) is 8.68. The highest BCUT2D eigenvalue weighted by Crippen LogP contribution is 2.27. The standard InChI is InChI=1S/C15H28N2O/c1-12(14-8-4-5-9-14)16-13(2)15(18)17-10-6-3-7-11-17/h12-14,16H,3-11H2,1-2H3. The van der Waals surface area contributed by atoms with Crippen molar-refractivity contribution >= 4 is 5.91 Å². The van der Waals surface area contributed by atoms with E-state index in [9.17, 15) is 4.79 Å². The second-order valence-corrected chi connectivity index (χ2v) is 6.11. The lowest BCUT2D eigenvalue weighted by Crippen LogP contribution is -2.50. The number of hydrogen-bond acceptors (Lipinski definition) is 2. The maximum absolute atomic E-state index is 12.3. The number of carbonyl (C=O) groups is 1. The molecule has 1 saturated carbocycles. The first-order valence-electron chi connectivity index (χ1n) is 7.73. The molecule has 1 heterocycles. The third kappa shape index (κ3) is 3.47. The van der Waals surface area contributed by atoms with Gasteiger partial charge >= 0.3 is 0 Å². The number of carbonyl (C=O) groups excluding carboxylic acids is 1. The van der Waals surface area contributed by atoms with E-state index in [4.69, 9.17) is 0 Å². The summed E-state index contributed by atoms with van der Waals surface area (Å²) in [6, 6.07) is 0.468. The first kappa shape index (κ1) is 13.9. The van der Waals surface area contributed by atoms with Crippen LogP contribution in [0.1, 0.15) is 58.8 Å². The largest absolute Gasteiger partial charge is 0.341 e. The minimum atomic E-state index is -0.0151. The molecule has 0 aromatic heterocycles. The van der Waals surface area contributed by atoms with Gasteiger partial charge in [-0.05, 0) is 51.9 Å². The maximum atomic E-state index is 12.3. The van der Waals surface area contributed by atoms with Crippen molar-refractivity contribution in [2.75, 3.05) is 13.1 Å². The molecule has 1 amide bonds. The van der Waals surface area contributed by atoms with Crippen molar-refractivity contribution < 1.29 is 4.79 Å². The summed E-state index contributed by atoms with van der Waals surface area (Å²) in [5.41, 5.74) is 0. The Balaban J connectivity index is 1.78. The van der Waals surface area contributed by atoms with E-state index in [-0.39, 0.29) is 6.04 Å². The van der Waals surface area contributed by atoms with E-state index >= 15 is 0 Å². The molecular formula is C15H28N2O. The molecule has 18 heavy (non-hydrogen) atoms. The highest BCUT2D eigenvalue weighted by Gasteiger charge is 2.27. The summed E-state index contributed by atoms with van der Waals surface area (Å²) in [4.78, 5) is 14.4. The molecule has 0 aromatic carbocycles. The van der Waals surface area contributed by atoms with E-state index < -0.39 is 0 Å². The maximum Gasteiger partial charge on any atom is 0.239 e. The Bertz CT molecular complexity index is 268. The van der Waals surface area contributed by atoms with Gasteiger partial charge in [0.2, 0.25) is 5.91 Å². The Morgan fingerprint density at radius 3 is 2.28 bits per heavy atom. The highest BCUT2D eigenvalue weighted by molar-refractivity contribution is 5.81. The Labute approximate surface area is 111 Å². The van der Waals surface area contributed by atoms with Gasteiger partial charge in [-0.3, -0.25) is 4.79 Å². The third-order valence-electron chi connectivity index (χ3n) is 4.66. The van der Waals surface area contributed by atoms with Gasteiger partial charge < -0.3 is 10.2 Å². The average Bonchev–Trinajstić information content (AvgIpc) is 2.92. The molecular weight excluding hydrogens is 224 g/mol. The van der Waals surface area contributed by atoms with Crippen LogP contribution >= 0.6 is 0 Å². The van der Waals surface area contributed by atoms with Crippen LogP contribution in [-0.2, 0) is 4.79 Å². The number of rotatable bonds is 4. The third-order valence-corrected chi connectivity index (χ3v) is 4.66. The molecule has 1 saturated heterocycles. The van der Waals surface area contributed by atoms with Crippen LogP contribution in [0.2, 0.25) is 0 Å². The molecule has 0 aromatic rings. The summed E-state index contributed by atoms with van der Waals surface area (Å²) >= 11 is 0. The van der Waals surface area contributed by atoms with Crippen molar-refractivity contribution in [3.63, 3.8) is 0 Å². The molecule has 0 spiro atoms. The van der Waals surface area contributed by atoms with Crippen molar-refractivity contribution in [1.82, 2.24) is 10.2 Å². The number of likely N-dealkylation sites (tertiary alicyclic amines) is 1. The summed E-state index contributed by atoms with van der Waals surface area (Å²) in [7, 11) is 0. The minimum absolute atomic E-state index is 0.0151. The second-order valence-electron chi connectivity index (χ2n) is 6.11. The van der Waals surface area contributed by atoms with Crippen LogP contribution in [0.4, 0.5) is 0 Å². The molecule has 2 atom stereocenters. The Hall–Kier alpha value is -0.570. The molecule has 0 radical (unpaired) electrons. The average molecular weight is 252 g/mol. The van der Waals surface area contributed by atoms with E-state index in [1.807, 2.05) is 11.8 Å². The number of piperidine rings is 1. The molecule has 2 aliphatic rings. The number of hydrogen-bond donors (Lipinski definition) is 1. The van der Waals surface area contributed by atoms with E-state index in [1.54, 1.807) is 0 Å². The zero-order valence-electron chi connectivity index (χ0n) is 12.0. The van der Waals surface area contributed by atoms with Crippen LogP contribution < -0.4 is 5.32 Å². The van der Waals surface area contributed by atoms with E-state index in [2.05, 4.69) is 12.2 Å². The zero-order valence-corrected chi connectivity index (χ0v) is 12.0. The number of nitrogens with one attached hydrogen (secondary N) is 1. The molecule has 2 fully saturated rings. The number of amides is 1. The van der Waals surface area contributed by atoms with E-state index in [0.717, 1.165) is 19.0 Å². The minimum Gasteiger partial charge on any atom is -0.341 e. The zero-order chi connectivity index (χ0) is 13.0. The van der Waals surface area contributed by atoms with E-state index in [0.29, 0.717) is 11.9 Å². The monoisotopic (exact) mass is 252 g/mol. The first-order valence-corrected chi connectivity index (χ1v) is 7.73. The lowest BCUT2D eigenvalue weighted by Gasteiger charge is -2.31. The molecule has 0 bridgehead atoms. The van der Waals surface area contributed by atoms with Gasteiger partial charge in [0.05, 0.1) is 6.04 Å². The van der Waals surface area contributed by atoms with Gasteiger partial charge in [-0.15, -0.1) is 0 Å². The van der Waals surface area contributed by atoms with Crippen molar-refractivity contribution in [1.29, 1.82) is 0 Å². The van der Waals surface area contributed by atoms with Crippen LogP contribution in [-0.4, -0.2) is 36.0 Å². The van der Waals surface area contributed by atoms with Crippen LogP contribution in [0.5, 0.6) is 0 Å².